The molecule has 0 bridgehead atoms. The van der Waals surface area contributed by atoms with Crippen LogP contribution in [-0.4, -0.2) is 14.5 Å². The number of aromatic nitrogens is 3. The van der Waals surface area contributed by atoms with Crippen LogP contribution >= 0.6 is 0 Å². The third kappa shape index (κ3) is 3.91. The Kier molecular flexibility index (Phi) is 4.85. The average molecular weight is 446 g/mol. The van der Waals surface area contributed by atoms with Gasteiger partial charge in [0.25, 0.3) is 5.56 Å². The highest BCUT2D eigenvalue weighted by atomic mass is 19.4. The zero-order valence-corrected chi connectivity index (χ0v) is 17.4. The molecule has 0 amide bonds. The van der Waals surface area contributed by atoms with Crippen molar-refractivity contribution in [1.82, 2.24) is 14.5 Å². The fourth-order valence-corrected chi connectivity index (χ4v) is 3.78. The molecule has 0 saturated carbocycles. The molecule has 33 heavy (non-hydrogen) atoms. The SMILES string of the molecule is Cc1ccc(Nc2ccc3ncc4ccc(=O)n(-c5cccc(C(F)(F)F)c5)c4c3c2)cn1. The molecule has 5 nitrogen and oxygen atoms in total. The summed E-state index contributed by atoms with van der Waals surface area (Å²) in [6, 6.07) is 16.9. The molecule has 1 N–H and O–H groups in total. The van der Waals surface area contributed by atoms with Crippen LogP contribution in [0.5, 0.6) is 0 Å². The molecule has 0 saturated heterocycles. The normalized spacial score (nSPS) is 11.8. The van der Waals surface area contributed by atoms with Crippen molar-refractivity contribution in [3.05, 3.63) is 101 Å². The Morgan fingerprint density at radius 2 is 1.70 bits per heavy atom. The van der Waals surface area contributed by atoms with Gasteiger partial charge in [-0.25, -0.2) is 0 Å². The fourth-order valence-electron chi connectivity index (χ4n) is 3.78. The van der Waals surface area contributed by atoms with E-state index >= 15 is 0 Å². The smallest absolute Gasteiger partial charge is 0.354 e. The van der Waals surface area contributed by atoms with Gasteiger partial charge >= 0.3 is 6.18 Å². The second-order valence-corrected chi connectivity index (χ2v) is 7.66. The van der Waals surface area contributed by atoms with E-state index in [4.69, 9.17) is 0 Å². The molecule has 0 aliphatic heterocycles. The van der Waals surface area contributed by atoms with Crippen molar-refractivity contribution in [2.24, 2.45) is 0 Å². The Hall–Kier alpha value is -4.20. The quantitative estimate of drug-likeness (QED) is 0.345. The molecule has 0 radical (unpaired) electrons. The third-order valence-electron chi connectivity index (χ3n) is 5.35. The number of benzene rings is 2. The van der Waals surface area contributed by atoms with Gasteiger partial charge in [0.05, 0.1) is 28.5 Å². The molecule has 0 spiro atoms. The maximum Gasteiger partial charge on any atom is 0.416 e. The molecule has 5 rings (SSSR count). The number of fused-ring (bicyclic) bond motifs is 3. The predicted molar refractivity (Wildman–Crippen MR) is 122 cm³/mol. The molecule has 0 unspecified atom stereocenters. The molecule has 8 heteroatoms. The van der Waals surface area contributed by atoms with Gasteiger partial charge in [-0.3, -0.25) is 19.3 Å². The molecule has 5 aromatic rings. The fraction of sp³-hybridized carbons (Fsp3) is 0.0800. The lowest BCUT2D eigenvalue weighted by atomic mass is 10.1. The standard InChI is InChI=1S/C25H17F3N4O/c1-15-5-7-19(14-29-15)31-18-8-9-22-21(12-18)24-16(13-30-22)6-10-23(33)32(24)20-4-2-3-17(11-20)25(26,27)28/h2-14,31H,1H3. The molecular weight excluding hydrogens is 429 g/mol. The van der Waals surface area contributed by atoms with E-state index in [0.29, 0.717) is 21.8 Å². The lowest BCUT2D eigenvalue weighted by molar-refractivity contribution is -0.137. The minimum atomic E-state index is -4.52. The number of aryl methyl sites for hydroxylation is 1. The van der Waals surface area contributed by atoms with Gasteiger partial charge in [0.15, 0.2) is 0 Å². The van der Waals surface area contributed by atoms with Gasteiger partial charge in [0, 0.05) is 40.1 Å². The Labute approximate surface area is 186 Å². The minimum Gasteiger partial charge on any atom is -0.354 e. The Bertz CT molecular complexity index is 1560. The van der Waals surface area contributed by atoms with E-state index in [1.165, 1.54) is 22.8 Å². The number of hydrogen-bond donors (Lipinski definition) is 1. The zero-order chi connectivity index (χ0) is 23.2. The van der Waals surface area contributed by atoms with Crippen molar-refractivity contribution in [2.75, 3.05) is 5.32 Å². The summed E-state index contributed by atoms with van der Waals surface area (Å²) >= 11 is 0. The summed E-state index contributed by atoms with van der Waals surface area (Å²) < 4.78 is 41.3. The first-order valence-corrected chi connectivity index (χ1v) is 10.1. The van der Waals surface area contributed by atoms with Gasteiger partial charge in [-0.2, -0.15) is 13.2 Å². The van der Waals surface area contributed by atoms with E-state index in [0.717, 1.165) is 29.2 Å². The van der Waals surface area contributed by atoms with Gasteiger partial charge in [0.2, 0.25) is 0 Å². The van der Waals surface area contributed by atoms with Crippen molar-refractivity contribution < 1.29 is 13.2 Å². The van der Waals surface area contributed by atoms with E-state index in [1.807, 2.05) is 31.2 Å². The zero-order valence-electron chi connectivity index (χ0n) is 17.4. The van der Waals surface area contributed by atoms with Gasteiger partial charge in [0.1, 0.15) is 0 Å². The topological polar surface area (TPSA) is 59.8 Å². The number of nitrogens with zero attached hydrogens (tertiary/aromatic N) is 3. The molecule has 3 aromatic heterocycles. The van der Waals surface area contributed by atoms with Crippen molar-refractivity contribution in [1.29, 1.82) is 0 Å². The van der Waals surface area contributed by atoms with Crippen LogP contribution in [0, 0.1) is 6.92 Å². The summed E-state index contributed by atoms with van der Waals surface area (Å²) in [6.45, 7) is 1.89. The molecule has 164 valence electrons. The maximum atomic E-state index is 13.3. The Morgan fingerprint density at radius 1 is 0.879 bits per heavy atom. The second kappa shape index (κ2) is 7.74. The highest BCUT2D eigenvalue weighted by Crippen LogP contribution is 2.32. The van der Waals surface area contributed by atoms with Crippen LogP contribution in [0.1, 0.15) is 11.3 Å². The first-order chi connectivity index (χ1) is 15.8. The van der Waals surface area contributed by atoms with Crippen LogP contribution < -0.4 is 10.9 Å². The van der Waals surface area contributed by atoms with Crippen molar-refractivity contribution in [3.8, 4) is 5.69 Å². The summed E-state index contributed by atoms with van der Waals surface area (Å²) in [5, 5.41) is 4.53. The summed E-state index contributed by atoms with van der Waals surface area (Å²) in [5.41, 5.74) is 2.37. The number of halogens is 3. The van der Waals surface area contributed by atoms with E-state index in [2.05, 4.69) is 15.3 Å². The van der Waals surface area contributed by atoms with Gasteiger partial charge < -0.3 is 5.32 Å². The number of anilines is 2. The molecule has 0 fully saturated rings. The van der Waals surface area contributed by atoms with Crippen LogP contribution in [0.4, 0.5) is 24.5 Å². The van der Waals surface area contributed by atoms with E-state index in [-0.39, 0.29) is 5.69 Å². The highest BCUT2D eigenvalue weighted by molar-refractivity contribution is 6.05. The lowest BCUT2D eigenvalue weighted by Crippen LogP contribution is -2.18. The first kappa shape index (κ1) is 20.7. The summed E-state index contributed by atoms with van der Waals surface area (Å²) in [4.78, 5) is 21.6. The summed E-state index contributed by atoms with van der Waals surface area (Å²) in [5.74, 6) is 0. The van der Waals surface area contributed by atoms with E-state index in [1.54, 1.807) is 24.5 Å². The van der Waals surface area contributed by atoms with Crippen molar-refractivity contribution in [3.63, 3.8) is 0 Å². The molecule has 0 aliphatic carbocycles. The van der Waals surface area contributed by atoms with Gasteiger partial charge in [-0.05, 0) is 61.5 Å². The molecular formula is C25H17F3N4O. The first-order valence-electron chi connectivity index (χ1n) is 10.1. The molecule has 0 atom stereocenters. The molecule has 3 heterocycles. The molecule has 0 aliphatic rings. The predicted octanol–water partition coefficient (Wildman–Crippen LogP) is 6.00. The van der Waals surface area contributed by atoms with Crippen LogP contribution in [0.25, 0.3) is 27.5 Å². The van der Waals surface area contributed by atoms with Crippen LogP contribution in [0.2, 0.25) is 0 Å². The minimum absolute atomic E-state index is 0.133. The van der Waals surface area contributed by atoms with Gasteiger partial charge in [-0.1, -0.05) is 6.07 Å². The van der Waals surface area contributed by atoms with Crippen LogP contribution in [0.3, 0.4) is 0 Å². The lowest BCUT2D eigenvalue weighted by Gasteiger charge is -2.15. The highest BCUT2D eigenvalue weighted by Gasteiger charge is 2.30. The second-order valence-electron chi connectivity index (χ2n) is 7.66. The Balaban J connectivity index is 1.74. The van der Waals surface area contributed by atoms with Crippen LogP contribution in [-0.2, 0) is 6.18 Å². The summed E-state index contributed by atoms with van der Waals surface area (Å²) in [7, 11) is 0. The average Bonchev–Trinajstić information content (AvgIpc) is 2.80. The number of rotatable bonds is 3. The monoisotopic (exact) mass is 446 g/mol. The molecule has 2 aromatic carbocycles. The summed E-state index contributed by atoms with van der Waals surface area (Å²) in [6.07, 6.45) is -1.20. The number of pyridine rings is 3. The maximum absolute atomic E-state index is 13.3. The van der Waals surface area contributed by atoms with Crippen molar-refractivity contribution in [2.45, 2.75) is 13.1 Å². The number of hydrogen-bond acceptors (Lipinski definition) is 4. The van der Waals surface area contributed by atoms with E-state index < -0.39 is 17.3 Å². The number of nitrogens with one attached hydrogen (secondary N) is 1. The Morgan fingerprint density at radius 3 is 2.45 bits per heavy atom. The number of alkyl halides is 3. The largest absolute Gasteiger partial charge is 0.416 e. The van der Waals surface area contributed by atoms with Gasteiger partial charge in [-0.15, -0.1) is 0 Å². The van der Waals surface area contributed by atoms with E-state index in [9.17, 15) is 18.0 Å². The van der Waals surface area contributed by atoms with Crippen molar-refractivity contribution >= 4 is 33.2 Å². The van der Waals surface area contributed by atoms with Crippen LogP contribution in [0.15, 0.2) is 83.9 Å². The third-order valence-corrected chi connectivity index (χ3v) is 5.35.